The number of aromatic nitrogens is 1. The second-order valence-electron chi connectivity index (χ2n) is 3.24. The second kappa shape index (κ2) is 5.14. The molecule has 1 aromatic heterocycles. The summed E-state index contributed by atoms with van der Waals surface area (Å²) in [5, 5.41) is 3.33. The summed E-state index contributed by atoms with van der Waals surface area (Å²) in [4.78, 5) is 5.59. The van der Waals surface area contributed by atoms with E-state index in [1.165, 1.54) is 16.1 Å². The molecule has 0 aliphatic rings. The number of nitrogens with one attached hydrogen (secondary N) is 1. The van der Waals surface area contributed by atoms with Crippen LogP contribution >= 0.6 is 11.3 Å². The molecule has 0 bridgehead atoms. The monoisotopic (exact) mass is 196 g/mol. The predicted octanol–water partition coefficient (Wildman–Crippen LogP) is 2.16. The van der Waals surface area contributed by atoms with Gasteiger partial charge in [0.25, 0.3) is 0 Å². The smallest absolute Gasteiger partial charge is 0.0797 e. The van der Waals surface area contributed by atoms with Gasteiger partial charge in [0.2, 0.25) is 0 Å². The summed E-state index contributed by atoms with van der Waals surface area (Å²) < 4.78 is 0. The lowest BCUT2D eigenvalue weighted by Crippen LogP contribution is -2.18. The van der Waals surface area contributed by atoms with Gasteiger partial charge in [-0.25, -0.2) is 4.98 Å². The van der Waals surface area contributed by atoms with E-state index in [1.54, 1.807) is 11.3 Å². The third kappa shape index (κ3) is 3.70. The van der Waals surface area contributed by atoms with E-state index in [-0.39, 0.29) is 0 Å². The lowest BCUT2D eigenvalue weighted by molar-refractivity contribution is 0.731. The highest BCUT2D eigenvalue weighted by Gasteiger charge is 1.99. The Morgan fingerprint density at radius 3 is 3.00 bits per heavy atom. The molecule has 0 atom stereocenters. The fourth-order valence-corrected chi connectivity index (χ4v) is 1.85. The fraction of sp³-hybridized carbons (Fsp3) is 0.500. The maximum atomic E-state index is 4.20. The molecule has 2 nitrogen and oxygen atoms in total. The Balaban J connectivity index is 2.20. The molecule has 0 aromatic carbocycles. The number of rotatable bonds is 5. The maximum absolute atomic E-state index is 4.20. The van der Waals surface area contributed by atoms with Crippen molar-refractivity contribution in [1.29, 1.82) is 0 Å². The first-order valence-electron chi connectivity index (χ1n) is 4.44. The molecule has 0 aliphatic heterocycles. The van der Waals surface area contributed by atoms with E-state index in [9.17, 15) is 0 Å². The molecule has 1 rings (SSSR count). The standard InChI is InChI=1S/C10H16N2S/c1-8(2)6-11-5-4-10-9(3)12-7-13-10/h7,11H,1,4-6H2,2-3H3. The van der Waals surface area contributed by atoms with Crippen LogP contribution in [0.15, 0.2) is 17.7 Å². The molecule has 1 N–H and O–H groups in total. The van der Waals surface area contributed by atoms with Gasteiger partial charge in [0.05, 0.1) is 11.2 Å². The minimum absolute atomic E-state index is 0.915. The minimum atomic E-state index is 0.915. The summed E-state index contributed by atoms with van der Waals surface area (Å²) in [7, 11) is 0. The number of hydrogen-bond donors (Lipinski definition) is 1. The van der Waals surface area contributed by atoms with E-state index >= 15 is 0 Å². The highest BCUT2D eigenvalue weighted by Crippen LogP contribution is 2.11. The van der Waals surface area contributed by atoms with E-state index < -0.39 is 0 Å². The van der Waals surface area contributed by atoms with Crippen LogP contribution in [0.2, 0.25) is 0 Å². The molecule has 0 amide bonds. The van der Waals surface area contributed by atoms with Gasteiger partial charge in [-0.15, -0.1) is 11.3 Å². The van der Waals surface area contributed by atoms with Crippen LogP contribution in [0.5, 0.6) is 0 Å². The van der Waals surface area contributed by atoms with Crippen LogP contribution in [0.25, 0.3) is 0 Å². The molecule has 0 spiro atoms. The Bertz CT molecular complexity index is 278. The molecule has 0 saturated carbocycles. The maximum Gasteiger partial charge on any atom is 0.0797 e. The molecule has 0 fully saturated rings. The van der Waals surface area contributed by atoms with Crippen LogP contribution < -0.4 is 5.32 Å². The van der Waals surface area contributed by atoms with E-state index in [2.05, 4.69) is 23.8 Å². The van der Waals surface area contributed by atoms with Gasteiger partial charge >= 0.3 is 0 Å². The van der Waals surface area contributed by atoms with Gasteiger partial charge in [0, 0.05) is 18.0 Å². The predicted molar refractivity (Wildman–Crippen MR) is 58.2 cm³/mol. The Morgan fingerprint density at radius 1 is 1.69 bits per heavy atom. The molecule has 0 saturated heterocycles. The average Bonchev–Trinajstić information content (AvgIpc) is 2.45. The van der Waals surface area contributed by atoms with Crippen molar-refractivity contribution in [3.63, 3.8) is 0 Å². The minimum Gasteiger partial charge on any atom is -0.313 e. The zero-order valence-corrected chi connectivity index (χ0v) is 9.08. The molecule has 0 unspecified atom stereocenters. The molecule has 72 valence electrons. The average molecular weight is 196 g/mol. The lowest BCUT2D eigenvalue weighted by atomic mass is 10.3. The van der Waals surface area contributed by atoms with Gasteiger partial charge in [-0.2, -0.15) is 0 Å². The van der Waals surface area contributed by atoms with Crippen molar-refractivity contribution in [2.75, 3.05) is 13.1 Å². The van der Waals surface area contributed by atoms with Gasteiger partial charge in [0.15, 0.2) is 0 Å². The van der Waals surface area contributed by atoms with E-state index in [4.69, 9.17) is 0 Å². The molecule has 13 heavy (non-hydrogen) atoms. The SMILES string of the molecule is C=C(C)CNCCc1scnc1C. The molecule has 0 aliphatic carbocycles. The molecular formula is C10H16N2S. The van der Waals surface area contributed by atoms with E-state index in [1.807, 2.05) is 12.4 Å². The van der Waals surface area contributed by atoms with E-state index in [0.29, 0.717) is 0 Å². The van der Waals surface area contributed by atoms with Gasteiger partial charge < -0.3 is 5.32 Å². The summed E-state index contributed by atoms with van der Waals surface area (Å²) in [5.41, 5.74) is 4.26. The fourth-order valence-electron chi connectivity index (χ4n) is 1.07. The zero-order chi connectivity index (χ0) is 9.68. The Morgan fingerprint density at radius 2 is 2.46 bits per heavy atom. The van der Waals surface area contributed by atoms with Crippen LogP contribution in [0.1, 0.15) is 17.5 Å². The van der Waals surface area contributed by atoms with Crippen LogP contribution in [0.4, 0.5) is 0 Å². The molecule has 1 aromatic rings. The third-order valence-corrected chi connectivity index (χ3v) is 2.80. The molecule has 3 heteroatoms. The van der Waals surface area contributed by atoms with Crippen molar-refractivity contribution in [2.24, 2.45) is 0 Å². The van der Waals surface area contributed by atoms with Crippen molar-refractivity contribution < 1.29 is 0 Å². The Labute approximate surface area is 83.7 Å². The molecule has 0 radical (unpaired) electrons. The van der Waals surface area contributed by atoms with Gasteiger partial charge in [-0.05, 0) is 20.3 Å². The highest BCUT2D eigenvalue weighted by atomic mass is 32.1. The first kappa shape index (κ1) is 10.4. The van der Waals surface area contributed by atoms with Crippen molar-refractivity contribution in [2.45, 2.75) is 20.3 Å². The number of thiazole rings is 1. The molecular weight excluding hydrogens is 180 g/mol. The van der Waals surface area contributed by atoms with Crippen LogP contribution in [-0.2, 0) is 6.42 Å². The Hall–Kier alpha value is -0.670. The number of nitrogens with zero attached hydrogens (tertiary/aromatic N) is 1. The van der Waals surface area contributed by atoms with Crippen LogP contribution in [0, 0.1) is 6.92 Å². The van der Waals surface area contributed by atoms with Crippen molar-refractivity contribution in [1.82, 2.24) is 10.3 Å². The lowest BCUT2D eigenvalue weighted by Gasteiger charge is -2.02. The van der Waals surface area contributed by atoms with Gasteiger partial charge in [0.1, 0.15) is 0 Å². The first-order chi connectivity index (χ1) is 6.20. The summed E-state index contributed by atoms with van der Waals surface area (Å²) >= 11 is 1.73. The zero-order valence-electron chi connectivity index (χ0n) is 8.26. The first-order valence-corrected chi connectivity index (χ1v) is 5.32. The normalized spacial score (nSPS) is 10.3. The summed E-state index contributed by atoms with van der Waals surface area (Å²) in [6.45, 7) is 9.85. The summed E-state index contributed by atoms with van der Waals surface area (Å²) in [6.07, 6.45) is 1.07. The quantitative estimate of drug-likeness (QED) is 0.576. The molecule has 1 heterocycles. The van der Waals surface area contributed by atoms with Crippen molar-refractivity contribution >= 4 is 11.3 Å². The Kier molecular flexibility index (Phi) is 4.12. The van der Waals surface area contributed by atoms with Crippen LogP contribution in [-0.4, -0.2) is 18.1 Å². The second-order valence-corrected chi connectivity index (χ2v) is 4.18. The number of hydrogen-bond acceptors (Lipinski definition) is 3. The van der Waals surface area contributed by atoms with Crippen molar-refractivity contribution in [3.8, 4) is 0 Å². The van der Waals surface area contributed by atoms with Gasteiger partial charge in [-0.3, -0.25) is 0 Å². The summed E-state index contributed by atoms with van der Waals surface area (Å²) in [6, 6.07) is 0. The topological polar surface area (TPSA) is 24.9 Å². The van der Waals surface area contributed by atoms with E-state index in [0.717, 1.165) is 19.5 Å². The summed E-state index contributed by atoms with van der Waals surface area (Å²) in [5.74, 6) is 0. The van der Waals surface area contributed by atoms with Crippen molar-refractivity contribution in [3.05, 3.63) is 28.2 Å². The van der Waals surface area contributed by atoms with Gasteiger partial charge in [-0.1, -0.05) is 12.2 Å². The largest absolute Gasteiger partial charge is 0.313 e. The number of aryl methyl sites for hydroxylation is 1. The highest BCUT2D eigenvalue weighted by molar-refractivity contribution is 7.09. The third-order valence-electron chi connectivity index (χ3n) is 1.80. The van der Waals surface area contributed by atoms with Crippen LogP contribution in [0.3, 0.4) is 0 Å².